The normalized spacial score (nSPS) is 12.5. The van der Waals surface area contributed by atoms with Crippen molar-refractivity contribution in [3.05, 3.63) is 29.8 Å². The number of hydrogen-bond acceptors (Lipinski definition) is 5. The van der Waals surface area contributed by atoms with Crippen LogP contribution in [0.25, 0.3) is 0 Å². The highest BCUT2D eigenvalue weighted by molar-refractivity contribution is 7.47. The van der Waals surface area contributed by atoms with Crippen LogP contribution in [0.3, 0.4) is 0 Å². The second-order valence-corrected chi connectivity index (χ2v) is 11.2. The molecule has 184 valence electrons. The highest BCUT2D eigenvalue weighted by Crippen LogP contribution is 2.50. The predicted octanol–water partition coefficient (Wildman–Crippen LogP) is 6.03. The molecule has 0 saturated heterocycles. The standard InChI is InChI=1S/C25H46N3O3P/c1-18(2)26(25(29)23-12-14-24(30-11)15-13-23)16-17-31-32(27(19(3)4)20(5)6)28(21(7)8)22(9)10/h12-15,18-22H,16-17H2,1-11H3. The van der Waals surface area contributed by atoms with E-state index in [4.69, 9.17) is 9.26 Å². The van der Waals surface area contributed by atoms with Crippen molar-refractivity contribution < 1.29 is 14.1 Å². The first-order valence-corrected chi connectivity index (χ1v) is 13.0. The summed E-state index contributed by atoms with van der Waals surface area (Å²) in [5, 5.41) is 0. The van der Waals surface area contributed by atoms with Crippen molar-refractivity contribution in [1.82, 2.24) is 14.2 Å². The van der Waals surface area contributed by atoms with Gasteiger partial charge in [-0.05, 0) is 93.5 Å². The SMILES string of the molecule is COc1ccc(C(=O)N(CCOP(N(C(C)C)C(C)C)N(C(C)C)C(C)C)C(C)C)cc1. The monoisotopic (exact) mass is 467 g/mol. The van der Waals surface area contributed by atoms with Crippen LogP contribution in [0, 0.1) is 0 Å². The fourth-order valence-corrected chi connectivity index (χ4v) is 6.28. The van der Waals surface area contributed by atoms with Crippen LogP contribution in [0.15, 0.2) is 24.3 Å². The van der Waals surface area contributed by atoms with Gasteiger partial charge in [-0.15, -0.1) is 0 Å². The highest BCUT2D eigenvalue weighted by Gasteiger charge is 2.34. The molecule has 1 aromatic rings. The van der Waals surface area contributed by atoms with Gasteiger partial charge in [0, 0.05) is 42.3 Å². The van der Waals surface area contributed by atoms with Crippen LogP contribution in [0.1, 0.15) is 79.6 Å². The molecule has 0 atom stereocenters. The average Bonchev–Trinajstić information content (AvgIpc) is 2.69. The summed E-state index contributed by atoms with van der Waals surface area (Å²) in [6, 6.07) is 8.84. The summed E-state index contributed by atoms with van der Waals surface area (Å²) < 4.78 is 16.8. The lowest BCUT2D eigenvalue weighted by molar-refractivity contribution is 0.0666. The summed E-state index contributed by atoms with van der Waals surface area (Å²) in [4.78, 5) is 15.1. The van der Waals surface area contributed by atoms with Gasteiger partial charge >= 0.3 is 0 Å². The van der Waals surface area contributed by atoms with E-state index in [1.165, 1.54) is 0 Å². The van der Waals surface area contributed by atoms with Crippen LogP contribution in [-0.4, -0.2) is 70.6 Å². The van der Waals surface area contributed by atoms with Crippen LogP contribution >= 0.6 is 8.45 Å². The minimum absolute atomic E-state index is 0.0183. The fourth-order valence-electron chi connectivity index (χ4n) is 3.95. The zero-order valence-electron chi connectivity index (χ0n) is 22.1. The first kappa shape index (κ1) is 28.8. The van der Waals surface area contributed by atoms with E-state index >= 15 is 0 Å². The fraction of sp³-hybridized carbons (Fsp3) is 0.720. The van der Waals surface area contributed by atoms with Crippen molar-refractivity contribution in [3.63, 3.8) is 0 Å². The van der Waals surface area contributed by atoms with E-state index in [1.807, 2.05) is 43.0 Å². The predicted molar refractivity (Wildman–Crippen MR) is 136 cm³/mol. The second kappa shape index (κ2) is 13.5. The number of ether oxygens (including phenoxy) is 1. The Morgan fingerprint density at radius 2 is 1.22 bits per heavy atom. The Hall–Kier alpha value is -1.20. The summed E-state index contributed by atoms with van der Waals surface area (Å²) in [6.45, 7) is 23.0. The third kappa shape index (κ3) is 7.98. The van der Waals surface area contributed by atoms with Gasteiger partial charge in [0.05, 0.1) is 13.7 Å². The van der Waals surface area contributed by atoms with Gasteiger partial charge in [-0.2, -0.15) is 0 Å². The lowest BCUT2D eigenvalue weighted by Gasteiger charge is -2.45. The van der Waals surface area contributed by atoms with Gasteiger partial charge in [0.1, 0.15) is 5.75 Å². The van der Waals surface area contributed by atoms with Gasteiger partial charge in [-0.25, -0.2) is 9.34 Å². The minimum Gasteiger partial charge on any atom is -0.497 e. The first-order valence-electron chi connectivity index (χ1n) is 11.9. The molecule has 0 aliphatic rings. The molecule has 0 aliphatic heterocycles. The molecule has 6 nitrogen and oxygen atoms in total. The molecule has 0 N–H and O–H groups in total. The van der Waals surface area contributed by atoms with E-state index < -0.39 is 8.45 Å². The highest BCUT2D eigenvalue weighted by atomic mass is 31.2. The summed E-state index contributed by atoms with van der Waals surface area (Å²) in [5.74, 6) is 0.765. The minimum atomic E-state index is -0.963. The van der Waals surface area contributed by atoms with Crippen LogP contribution in [-0.2, 0) is 4.52 Å². The van der Waals surface area contributed by atoms with E-state index in [9.17, 15) is 4.79 Å². The van der Waals surface area contributed by atoms with Gasteiger partial charge in [0.25, 0.3) is 5.91 Å². The zero-order valence-corrected chi connectivity index (χ0v) is 23.0. The Bertz CT molecular complexity index is 642. The smallest absolute Gasteiger partial charge is 0.254 e. The quantitative estimate of drug-likeness (QED) is 0.332. The van der Waals surface area contributed by atoms with Crippen molar-refractivity contribution in [2.24, 2.45) is 0 Å². The average molecular weight is 468 g/mol. The number of carbonyl (C=O) groups excluding carboxylic acids is 1. The van der Waals surface area contributed by atoms with E-state index in [2.05, 4.69) is 64.7 Å². The Balaban J connectivity index is 3.03. The maximum absolute atomic E-state index is 13.2. The van der Waals surface area contributed by atoms with Gasteiger partial charge in [0.15, 0.2) is 8.45 Å². The number of methoxy groups -OCH3 is 1. The van der Waals surface area contributed by atoms with E-state index in [-0.39, 0.29) is 11.9 Å². The van der Waals surface area contributed by atoms with E-state index in [0.29, 0.717) is 42.9 Å². The molecular weight excluding hydrogens is 421 g/mol. The maximum Gasteiger partial charge on any atom is 0.254 e. The molecule has 0 spiro atoms. The van der Waals surface area contributed by atoms with Crippen LogP contribution in [0.5, 0.6) is 5.75 Å². The number of hydrogen-bond donors (Lipinski definition) is 0. The third-order valence-corrected chi connectivity index (χ3v) is 8.32. The molecule has 1 rings (SSSR count). The molecule has 0 aliphatic carbocycles. The summed E-state index contributed by atoms with van der Waals surface area (Å²) in [7, 11) is 0.664. The molecule has 1 aromatic carbocycles. The number of amides is 1. The molecule has 0 bridgehead atoms. The van der Waals surface area contributed by atoms with Crippen LogP contribution in [0.4, 0.5) is 0 Å². The van der Waals surface area contributed by atoms with Crippen molar-refractivity contribution >= 4 is 14.4 Å². The Morgan fingerprint density at radius 1 is 0.781 bits per heavy atom. The number of carbonyl (C=O) groups is 1. The van der Waals surface area contributed by atoms with Gasteiger partial charge < -0.3 is 14.2 Å². The molecule has 0 unspecified atom stereocenters. The zero-order chi connectivity index (χ0) is 24.6. The van der Waals surface area contributed by atoms with Crippen molar-refractivity contribution in [2.45, 2.75) is 99.4 Å². The summed E-state index contributed by atoms with van der Waals surface area (Å²) in [5.41, 5.74) is 0.665. The van der Waals surface area contributed by atoms with Crippen LogP contribution in [0.2, 0.25) is 0 Å². The molecule has 0 saturated carbocycles. The first-order chi connectivity index (χ1) is 14.9. The van der Waals surface area contributed by atoms with Gasteiger partial charge in [-0.1, -0.05) is 0 Å². The van der Waals surface area contributed by atoms with Crippen molar-refractivity contribution in [3.8, 4) is 5.75 Å². The number of rotatable bonds is 13. The molecule has 7 heteroatoms. The maximum atomic E-state index is 13.2. The Labute approximate surface area is 198 Å². The second-order valence-electron chi connectivity index (χ2n) is 9.54. The Morgan fingerprint density at radius 3 is 1.56 bits per heavy atom. The van der Waals surface area contributed by atoms with Crippen LogP contribution < -0.4 is 4.74 Å². The molecule has 0 radical (unpaired) electrons. The molecule has 1 amide bonds. The van der Waals surface area contributed by atoms with Crippen molar-refractivity contribution in [1.29, 1.82) is 0 Å². The molecular formula is C25H46N3O3P. The third-order valence-electron chi connectivity index (χ3n) is 5.27. The lowest BCUT2D eigenvalue weighted by atomic mass is 10.1. The largest absolute Gasteiger partial charge is 0.497 e. The summed E-state index contributed by atoms with van der Waals surface area (Å²) >= 11 is 0. The molecule has 0 fully saturated rings. The molecule has 0 heterocycles. The van der Waals surface area contributed by atoms with Gasteiger partial charge in [0.2, 0.25) is 0 Å². The summed E-state index contributed by atoms with van der Waals surface area (Å²) in [6.07, 6.45) is 0. The van der Waals surface area contributed by atoms with Gasteiger partial charge in [-0.3, -0.25) is 4.79 Å². The Kier molecular flexibility index (Phi) is 12.2. The topological polar surface area (TPSA) is 45.2 Å². The number of benzene rings is 1. The molecule has 32 heavy (non-hydrogen) atoms. The van der Waals surface area contributed by atoms with E-state index in [0.717, 1.165) is 5.75 Å². The number of nitrogens with zero attached hydrogens (tertiary/aromatic N) is 3. The lowest BCUT2D eigenvalue weighted by Crippen LogP contribution is -2.44. The van der Waals surface area contributed by atoms with E-state index in [1.54, 1.807) is 7.11 Å². The van der Waals surface area contributed by atoms with Crippen molar-refractivity contribution in [2.75, 3.05) is 20.3 Å². The molecule has 0 aromatic heterocycles.